The quantitative estimate of drug-likeness (QED) is 0.160. The minimum atomic E-state index is -0.486. The Kier molecular flexibility index (Phi) is 9.35. The predicted octanol–water partition coefficient (Wildman–Crippen LogP) is 2.04. The lowest BCUT2D eigenvalue weighted by Crippen LogP contribution is -2.46. The Morgan fingerprint density at radius 3 is 2.62 bits per heavy atom. The van der Waals surface area contributed by atoms with Crippen LogP contribution >= 0.6 is 0 Å². The van der Waals surface area contributed by atoms with Gasteiger partial charge in [0, 0.05) is 36.9 Å². The summed E-state index contributed by atoms with van der Waals surface area (Å²) in [5, 5.41) is 3.74. The second kappa shape index (κ2) is 11.3. The van der Waals surface area contributed by atoms with E-state index < -0.39 is 5.97 Å². The zero-order chi connectivity index (χ0) is 17.8. The number of amides is 1. The van der Waals surface area contributed by atoms with E-state index in [0.717, 1.165) is 25.7 Å². The van der Waals surface area contributed by atoms with Gasteiger partial charge in [0.05, 0.1) is 13.2 Å². The monoisotopic (exact) mass is 336 g/mol. The molecule has 0 aromatic heterocycles. The molecule has 0 bridgehead atoms. The van der Waals surface area contributed by atoms with Crippen LogP contribution in [0.1, 0.15) is 39.0 Å². The summed E-state index contributed by atoms with van der Waals surface area (Å²) >= 11 is 0. The fourth-order valence-corrected chi connectivity index (χ4v) is 2.71. The number of nitrogens with zero attached hydrogens (tertiary/aromatic N) is 4. The maximum Gasteiger partial charge on any atom is 0.303 e. The van der Waals surface area contributed by atoms with Gasteiger partial charge in [0.25, 0.3) is 5.91 Å². The van der Waals surface area contributed by atoms with E-state index in [1.54, 1.807) is 4.90 Å². The Balaban J connectivity index is 2.56. The molecule has 1 fully saturated rings. The van der Waals surface area contributed by atoms with Crippen LogP contribution in [0.3, 0.4) is 0 Å². The molecule has 8 heteroatoms. The average Bonchev–Trinajstić information content (AvgIpc) is 2.57. The lowest BCUT2D eigenvalue weighted by atomic mass is 9.90. The van der Waals surface area contributed by atoms with Crippen LogP contribution in [0, 0.1) is 12.3 Å². The first-order chi connectivity index (χ1) is 11.6. The van der Waals surface area contributed by atoms with E-state index in [0.29, 0.717) is 26.2 Å². The van der Waals surface area contributed by atoms with Crippen molar-refractivity contribution in [2.24, 2.45) is 5.11 Å². The van der Waals surface area contributed by atoms with Gasteiger partial charge in [0.2, 0.25) is 0 Å². The Morgan fingerprint density at radius 1 is 1.33 bits per heavy atom. The Morgan fingerprint density at radius 2 is 2.04 bits per heavy atom. The Bertz CT molecular complexity index is 503. The maximum atomic E-state index is 12.4. The third-order valence-corrected chi connectivity index (χ3v) is 3.91. The fourth-order valence-electron chi connectivity index (χ4n) is 2.71. The van der Waals surface area contributed by atoms with Crippen molar-refractivity contribution in [2.75, 3.05) is 26.4 Å². The molecule has 0 atom stereocenters. The zero-order valence-electron chi connectivity index (χ0n) is 14.0. The molecule has 0 aromatic rings. The Labute approximate surface area is 142 Å². The summed E-state index contributed by atoms with van der Waals surface area (Å²) in [6, 6.07) is 0.0259. The largest absolute Gasteiger partial charge is 0.456 e. The van der Waals surface area contributed by atoms with E-state index in [-0.39, 0.29) is 24.6 Å². The number of azide groups is 1. The standard InChI is InChI=1S/C16H24N4O4/c1-3-4-10-23-11-9-20(16(22)12-24-13(2)21)15-7-5-14(6-8-15)18-19-17/h1,14-15H,4-12H2,2H3/t14-,15+. The highest BCUT2D eigenvalue weighted by Gasteiger charge is 2.28. The molecule has 0 spiro atoms. The molecule has 1 amide bonds. The third-order valence-electron chi connectivity index (χ3n) is 3.91. The summed E-state index contributed by atoms with van der Waals surface area (Å²) in [5.41, 5.74) is 8.51. The lowest BCUT2D eigenvalue weighted by molar-refractivity contribution is -0.152. The van der Waals surface area contributed by atoms with Crippen molar-refractivity contribution in [3.8, 4) is 12.3 Å². The van der Waals surface area contributed by atoms with Crippen molar-refractivity contribution in [3.05, 3.63) is 10.4 Å². The summed E-state index contributed by atoms with van der Waals surface area (Å²) < 4.78 is 10.2. The lowest BCUT2D eigenvalue weighted by Gasteiger charge is -2.35. The van der Waals surface area contributed by atoms with Crippen molar-refractivity contribution in [2.45, 2.75) is 51.1 Å². The minimum Gasteiger partial charge on any atom is -0.456 e. The number of carbonyl (C=O) groups excluding carboxylic acids is 2. The van der Waals surface area contributed by atoms with Gasteiger partial charge in [-0.25, -0.2) is 0 Å². The number of hydrogen-bond donors (Lipinski definition) is 0. The number of rotatable bonds is 9. The number of esters is 1. The van der Waals surface area contributed by atoms with Gasteiger partial charge in [-0.15, -0.1) is 12.3 Å². The second-order valence-electron chi connectivity index (χ2n) is 5.60. The number of terminal acetylenes is 1. The molecule has 0 aliphatic heterocycles. The molecular formula is C16H24N4O4. The molecule has 1 rings (SSSR count). The average molecular weight is 336 g/mol. The first kappa shape index (κ1) is 19.8. The van der Waals surface area contributed by atoms with Crippen molar-refractivity contribution in [1.29, 1.82) is 0 Å². The van der Waals surface area contributed by atoms with Gasteiger partial charge in [-0.1, -0.05) is 5.11 Å². The van der Waals surface area contributed by atoms with E-state index in [2.05, 4.69) is 15.9 Å². The van der Waals surface area contributed by atoms with Crippen LogP contribution in [0.2, 0.25) is 0 Å². The minimum absolute atomic E-state index is 0.0106. The molecule has 1 aliphatic carbocycles. The summed E-state index contributed by atoms with van der Waals surface area (Å²) in [6.07, 6.45) is 8.67. The van der Waals surface area contributed by atoms with Crippen LogP contribution in [0.25, 0.3) is 10.4 Å². The zero-order valence-corrected chi connectivity index (χ0v) is 14.0. The van der Waals surface area contributed by atoms with Gasteiger partial charge in [-0.2, -0.15) is 0 Å². The normalized spacial score (nSPS) is 19.7. The highest BCUT2D eigenvalue weighted by molar-refractivity contribution is 5.80. The van der Waals surface area contributed by atoms with Crippen LogP contribution in [-0.4, -0.2) is 55.2 Å². The van der Waals surface area contributed by atoms with Crippen LogP contribution < -0.4 is 0 Å². The Hall–Kier alpha value is -2.23. The van der Waals surface area contributed by atoms with Crippen molar-refractivity contribution >= 4 is 11.9 Å². The van der Waals surface area contributed by atoms with Gasteiger partial charge in [0.1, 0.15) is 0 Å². The van der Waals surface area contributed by atoms with E-state index in [4.69, 9.17) is 21.4 Å². The van der Waals surface area contributed by atoms with Crippen LogP contribution in [0.5, 0.6) is 0 Å². The highest BCUT2D eigenvalue weighted by atomic mass is 16.5. The number of carbonyl (C=O) groups is 2. The van der Waals surface area contributed by atoms with Crippen molar-refractivity contribution < 1.29 is 19.1 Å². The summed E-state index contributed by atoms with van der Waals surface area (Å²) in [6.45, 7) is 2.25. The van der Waals surface area contributed by atoms with Gasteiger partial charge in [-0.3, -0.25) is 9.59 Å². The molecule has 0 N–H and O–H groups in total. The van der Waals surface area contributed by atoms with Gasteiger partial charge in [0.15, 0.2) is 6.61 Å². The molecule has 1 saturated carbocycles. The third kappa shape index (κ3) is 7.36. The van der Waals surface area contributed by atoms with Gasteiger partial charge >= 0.3 is 5.97 Å². The smallest absolute Gasteiger partial charge is 0.303 e. The van der Waals surface area contributed by atoms with Crippen LogP contribution in [-0.2, 0) is 19.1 Å². The second-order valence-corrected chi connectivity index (χ2v) is 5.60. The summed E-state index contributed by atoms with van der Waals surface area (Å²) in [4.78, 5) is 27.8. The van der Waals surface area contributed by atoms with E-state index >= 15 is 0 Å². The predicted molar refractivity (Wildman–Crippen MR) is 87.8 cm³/mol. The van der Waals surface area contributed by atoms with Crippen molar-refractivity contribution in [1.82, 2.24) is 4.90 Å². The molecule has 1 aliphatic rings. The summed E-state index contributed by atoms with van der Waals surface area (Å²) in [5.74, 6) is 1.77. The van der Waals surface area contributed by atoms with Crippen LogP contribution in [0.4, 0.5) is 0 Å². The van der Waals surface area contributed by atoms with Crippen LogP contribution in [0.15, 0.2) is 5.11 Å². The van der Waals surface area contributed by atoms with Crippen molar-refractivity contribution in [3.63, 3.8) is 0 Å². The SMILES string of the molecule is C#CCCOCCN(C(=O)COC(C)=O)[C@H]1CC[C@@H](N=[N+]=[N-])CC1. The molecule has 0 aromatic carbocycles. The number of ether oxygens (including phenoxy) is 2. The molecule has 8 nitrogen and oxygen atoms in total. The van der Waals surface area contributed by atoms with E-state index in [1.807, 2.05) is 0 Å². The first-order valence-electron chi connectivity index (χ1n) is 8.06. The molecule has 0 saturated heterocycles. The summed E-state index contributed by atoms with van der Waals surface area (Å²) in [7, 11) is 0. The number of hydrogen-bond acceptors (Lipinski definition) is 5. The topological polar surface area (TPSA) is 105 Å². The molecule has 0 unspecified atom stereocenters. The molecule has 0 radical (unpaired) electrons. The van der Waals surface area contributed by atoms with E-state index in [1.165, 1.54) is 6.92 Å². The molecule has 24 heavy (non-hydrogen) atoms. The van der Waals surface area contributed by atoms with Gasteiger partial charge in [-0.05, 0) is 31.2 Å². The maximum absolute atomic E-state index is 12.4. The molecule has 0 heterocycles. The fraction of sp³-hybridized carbons (Fsp3) is 0.750. The van der Waals surface area contributed by atoms with E-state index in [9.17, 15) is 9.59 Å². The first-order valence-corrected chi connectivity index (χ1v) is 8.06. The molecule has 132 valence electrons. The van der Waals surface area contributed by atoms with Gasteiger partial charge < -0.3 is 14.4 Å². The highest BCUT2D eigenvalue weighted by Crippen LogP contribution is 2.25. The molecular weight excluding hydrogens is 312 g/mol.